The number of amides is 1. The van der Waals surface area contributed by atoms with Crippen molar-refractivity contribution >= 4 is 27.5 Å². The van der Waals surface area contributed by atoms with Gasteiger partial charge in [0.1, 0.15) is 6.10 Å². The number of hydrogen-bond donors (Lipinski definition) is 1. The third kappa shape index (κ3) is 4.33. The standard InChI is InChI=1S/C18H19BrN2O3/c1-12-10-14(19)2-3-16(12)21-18(22)13-4-7-20-17(11-13)24-15-5-8-23-9-6-15/h2-4,7,10-11,15H,5-6,8-9H2,1H3,(H,21,22). The quantitative estimate of drug-likeness (QED) is 0.857. The smallest absolute Gasteiger partial charge is 0.255 e. The molecule has 24 heavy (non-hydrogen) atoms. The first-order chi connectivity index (χ1) is 11.6. The fourth-order valence-electron chi connectivity index (χ4n) is 2.54. The number of carbonyl (C=O) groups is 1. The maximum atomic E-state index is 12.5. The molecule has 3 rings (SSSR count). The van der Waals surface area contributed by atoms with E-state index >= 15 is 0 Å². The molecule has 2 aromatic rings. The average molecular weight is 391 g/mol. The molecule has 1 N–H and O–H groups in total. The van der Waals surface area contributed by atoms with Crippen LogP contribution in [0, 0.1) is 6.92 Å². The van der Waals surface area contributed by atoms with E-state index < -0.39 is 0 Å². The molecule has 6 heteroatoms. The lowest BCUT2D eigenvalue weighted by atomic mass is 10.1. The third-order valence-corrected chi connectivity index (χ3v) is 4.38. The van der Waals surface area contributed by atoms with E-state index in [1.54, 1.807) is 18.3 Å². The molecule has 2 heterocycles. The van der Waals surface area contributed by atoms with Gasteiger partial charge < -0.3 is 14.8 Å². The first kappa shape index (κ1) is 16.9. The molecule has 1 saturated heterocycles. The van der Waals surface area contributed by atoms with Gasteiger partial charge in [-0.2, -0.15) is 0 Å². The van der Waals surface area contributed by atoms with Crippen LogP contribution in [-0.2, 0) is 4.74 Å². The fourth-order valence-corrected chi connectivity index (χ4v) is 3.02. The van der Waals surface area contributed by atoms with Gasteiger partial charge in [0.05, 0.1) is 13.2 Å². The summed E-state index contributed by atoms with van der Waals surface area (Å²) < 4.78 is 12.2. The summed E-state index contributed by atoms with van der Waals surface area (Å²) in [5.41, 5.74) is 2.30. The van der Waals surface area contributed by atoms with Crippen LogP contribution in [0.3, 0.4) is 0 Å². The van der Waals surface area contributed by atoms with Crippen LogP contribution in [0.1, 0.15) is 28.8 Å². The Bertz CT molecular complexity index is 730. The van der Waals surface area contributed by atoms with Gasteiger partial charge in [-0.05, 0) is 36.8 Å². The van der Waals surface area contributed by atoms with Crippen LogP contribution in [0.25, 0.3) is 0 Å². The number of aromatic nitrogens is 1. The SMILES string of the molecule is Cc1cc(Br)ccc1NC(=O)c1ccnc(OC2CCOCC2)c1. The predicted molar refractivity (Wildman–Crippen MR) is 95.5 cm³/mol. The highest BCUT2D eigenvalue weighted by atomic mass is 79.9. The molecule has 0 atom stereocenters. The molecule has 1 amide bonds. The van der Waals surface area contributed by atoms with Crippen LogP contribution in [0.4, 0.5) is 5.69 Å². The second kappa shape index (κ2) is 7.77. The van der Waals surface area contributed by atoms with Gasteiger partial charge in [-0.25, -0.2) is 4.98 Å². The van der Waals surface area contributed by atoms with Gasteiger partial charge >= 0.3 is 0 Å². The Balaban J connectivity index is 1.69. The van der Waals surface area contributed by atoms with E-state index in [4.69, 9.17) is 9.47 Å². The molecular formula is C18H19BrN2O3. The minimum absolute atomic E-state index is 0.0956. The van der Waals surface area contributed by atoms with Gasteiger partial charge in [0.15, 0.2) is 0 Å². The zero-order chi connectivity index (χ0) is 16.9. The van der Waals surface area contributed by atoms with E-state index in [0.29, 0.717) is 24.7 Å². The summed E-state index contributed by atoms with van der Waals surface area (Å²) in [5.74, 6) is 0.293. The molecule has 0 unspecified atom stereocenters. The molecule has 5 nitrogen and oxygen atoms in total. The summed E-state index contributed by atoms with van der Waals surface area (Å²) in [4.78, 5) is 16.7. The largest absolute Gasteiger partial charge is 0.474 e. The van der Waals surface area contributed by atoms with Crippen molar-refractivity contribution in [2.45, 2.75) is 25.9 Å². The van der Waals surface area contributed by atoms with Crippen molar-refractivity contribution in [1.82, 2.24) is 4.98 Å². The number of pyridine rings is 1. The monoisotopic (exact) mass is 390 g/mol. The molecule has 0 aliphatic carbocycles. The van der Waals surface area contributed by atoms with Crippen LogP contribution in [0.2, 0.25) is 0 Å². The average Bonchev–Trinajstić information content (AvgIpc) is 2.58. The molecular weight excluding hydrogens is 372 g/mol. The highest BCUT2D eigenvalue weighted by Crippen LogP contribution is 2.22. The first-order valence-electron chi connectivity index (χ1n) is 7.90. The Hall–Kier alpha value is -1.92. The van der Waals surface area contributed by atoms with Crippen molar-refractivity contribution in [3.8, 4) is 5.88 Å². The second-order valence-corrected chi connectivity index (χ2v) is 6.64. The van der Waals surface area contributed by atoms with E-state index in [2.05, 4.69) is 26.2 Å². The van der Waals surface area contributed by atoms with E-state index in [0.717, 1.165) is 28.6 Å². The van der Waals surface area contributed by atoms with E-state index in [-0.39, 0.29) is 12.0 Å². The van der Waals surface area contributed by atoms with Gasteiger partial charge in [0.25, 0.3) is 5.91 Å². The summed E-state index contributed by atoms with van der Waals surface area (Å²) in [6.07, 6.45) is 3.38. The lowest BCUT2D eigenvalue weighted by Crippen LogP contribution is -2.26. The lowest BCUT2D eigenvalue weighted by Gasteiger charge is -2.22. The number of ether oxygens (including phenoxy) is 2. The normalized spacial score (nSPS) is 15.1. The number of rotatable bonds is 4. The van der Waals surface area contributed by atoms with Crippen molar-refractivity contribution in [1.29, 1.82) is 0 Å². The van der Waals surface area contributed by atoms with Gasteiger partial charge in [0, 0.05) is 40.8 Å². The van der Waals surface area contributed by atoms with Gasteiger partial charge in [-0.3, -0.25) is 4.79 Å². The number of benzene rings is 1. The van der Waals surface area contributed by atoms with Crippen molar-refractivity contribution < 1.29 is 14.3 Å². The molecule has 0 bridgehead atoms. The van der Waals surface area contributed by atoms with Crippen molar-refractivity contribution in [2.24, 2.45) is 0 Å². The number of nitrogens with one attached hydrogen (secondary N) is 1. The Kier molecular flexibility index (Phi) is 5.48. The van der Waals surface area contributed by atoms with Crippen LogP contribution in [-0.4, -0.2) is 30.2 Å². The van der Waals surface area contributed by atoms with E-state index in [1.165, 1.54) is 0 Å². The summed E-state index contributed by atoms with van der Waals surface area (Å²) >= 11 is 3.42. The first-order valence-corrected chi connectivity index (χ1v) is 8.69. The van der Waals surface area contributed by atoms with Gasteiger partial charge in [0.2, 0.25) is 5.88 Å². The molecule has 0 saturated carbocycles. The number of aryl methyl sites for hydroxylation is 1. The highest BCUT2D eigenvalue weighted by Gasteiger charge is 2.17. The second-order valence-electron chi connectivity index (χ2n) is 5.73. The van der Waals surface area contributed by atoms with Crippen LogP contribution in [0.15, 0.2) is 41.0 Å². The fraction of sp³-hybridized carbons (Fsp3) is 0.333. The minimum Gasteiger partial charge on any atom is -0.474 e. The number of nitrogens with zero attached hydrogens (tertiary/aromatic N) is 1. The number of hydrogen-bond acceptors (Lipinski definition) is 4. The Morgan fingerprint density at radius 2 is 2.08 bits per heavy atom. The topological polar surface area (TPSA) is 60.5 Å². The Morgan fingerprint density at radius 3 is 2.83 bits per heavy atom. The third-order valence-electron chi connectivity index (χ3n) is 3.89. The number of anilines is 1. The van der Waals surface area contributed by atoms with E-state index in [9.17, 15) is 4.79 Å². The van der Waals surface area contributed by atoms with Crippen molar-refractivity contribution in [3.05, 3.63) is 52.1 Å². The summed E-state index contributed by atoms with van der Waals surface area (Å²) in [7, 11) is 0. The number of halogens is 1. The maximum absolute atomic E-state index is 12.5. The van der Waals surface area contributed by atoms with Crippen LogP contribution in [0.5, 0.6) is 5.88 Å². The zero-order valence-corrected chi connectivity index (χ0v) is 15.0. The van der Waals surface area contributed by atoms with Crippen molar-refractivity contribution in [3.63, 3.8) is 0 Å². The molecule has 0 radical (unpaired) electrons. The maximum Gasteiger partial charge on any atom is 0.255 e. The summed E-state index contributed by atoms with van der Waals surface area (Å²) in [6.45, 7) is 3.36. The molecule has 1 aromatic heterocycles. The number of carbonyl (C=O) groups excluding carboxylic acids is 1. The molecule has 126 valence electrons. The molecule has 0 spiro atoms. The Labute approximate surface area is 149 Å². The lowest BCUT2D eigenvalue weighted by molar-refractivity contribution is 0.0237. The minimum atomic E-state index is -0.181. The van der Waals surface area contributed by atoms with E-state index in [1.807, 2.05) is 25.1 Å². The van der Waals surface area contributed by atoms with Gasteiger partial charge in [-0.1, -0.05) is 15.9 Å². The molecule has 1 aromatic carbocycles. The summed E-state index contributed by atoms with van der Waals surface area (Å²) in [5, 5.41) is 2.92. The van der Waals surface area contributed by atoms with Gasteiger partial charge in [-0.15, -0.1) is 0 Å². The predicted octanol–water partition coefficient (Wildman–Crippen LogP) is 3.96. The Morgan fingerprint density at radius 1 is 1.29 bits per heavy atom. The van der Waals surface area contributed by atoms with Crippen molar-refractivity contribution in [2.75, 3.05) is 18.5 Å². The summed E-state index contributed by atoms with van der Waals surface area (Å²) in [6, 6.07) is 9.09. The molecule has 1 aliphatic rings. The highest BCUT2D eigenvalue weighted by molar-refractivity contribution is 9.10. The van der Waals surface area contributed by atoms with Crippen LogP contribution >= 0.6 is 15.9 Å². The zero-order valence-electron chi connectivity index (χ0n) is 13.4. The molecule has 1 fully saturated rings. The molecule has 1 aliphatic heterocycles. The van der Waals surface area contributed by atoms with Crippen LogP contribution < -0.4 is 10.1 Å².